The molecule has 0 fully saturated rings. The van der Waals surface area contributed by atoms with Crippen LogP contribution in [0.1, 0.15) is 11.7 Å². The summed E-state index contributed by atoms with van der Waals surface area (Å²) in [6.07, 6.45) is -13.9. The first-order chi connectivity index (χ1) is 8.03. The van der Waals surface area contributed by atoms with Crippen molar-refractivity contribution in [3.05, 3.63) is 34.9 Å². The van der Waals surface area contributed by atoms with Crippen molar-refractivity contribution in [2.75, 3.05) is 0 Å². The minimum Gasteiger partial charge on any atom is -0.387 e. The molecule has 1 unspecified atom stereocenters. The summed E-state index contributed by atoms with van der Waals surface area (Å²) in [5.74, 6) is -3.84. The van der Waals surface area contributed by atoms with Gasteiger partial charge in [0.2, 0.25) is 0 Å². The molecule has 0 aliphatic carbocycles. The largest absolute Gasteiger partial charge is 0.403 e. The lowest BCUT2D eigenvalue weighted by atomic mass is 9.94. The third-order valence-corrected chi connectivity index (χ3v) is 2.45. The number of alkyl halides is 6. The third kappa shape index (κ3) is 3.52. The summed E-state index contributed by atoms with van der Waals surface area (Å²) in [6, 6.07) is 4.23. The van der Waals surface area contributed by atoms with Crippen LogP contribution in [0, 0.1) is 5.92 Å². The van der Waals surface area contributed by atoms with Gasteiger partial charge in [-0.2, -0.15) is 26.3 Å². The molecule has 8 heteroatoms. The van der Waals surface area contributed by atoms with Crippen LogP contribution in [-0.2, 0) is 0 Å². The molecule has 18 heavy (non-hydrogen) atoms. The zero-order valence-electron chi connectivity index (χ0n) is 8.56. The van der Waals surface area contributed by atoms with Gasteiger partial charge in [-0.15, -0.1) is 0 Å². The highest BCUT2D eigenvalue weighted by molar-refractivity contribution is 6.30. The first kappa shape index (κ1) is 15.1. The van der Waals surface area contributed by atoms with E-state index in [9.17, 15) is 31.4 Å². The van der Waals surface area contributed by atoms with Gasteiger partial charge in [0.05, 0.1) is 6.10 Å². The fraction of sp³-hybridized carbons (Fsp3) is 0.400. The molecule has 1 aromatic carbocycles. The normalized spacial score (nSPS) is 14.9. The molecule has 1 nitrogen and oxygen atoms in total. The molecule has 0 saturated heterocycles. The average molecular weight is 293 g/mol. The highest BCUT2D eigenvalue weighted by Gasteiger charge is 2.60. The van der Waals surface area contributed by atoms with Gasteiger partial charge in [0.1, 0.15) is 0 Å². The van der Waals surface area contributed by atoms with E-state index in [0.717, 1.165) is 18.2 Å². The molecule has 1 N–H and O–H groups in total. The highest BCUT2D eigenvalue weighted by Crippen LogP contribution is 2.46. The summed E-state index contributed by atoms with van der Waals surface area (Å²) in [6.45, 7) is 0. The molecule has 1 atom stereocenters. The molecule has 0 saturated carbocycles. The van der Waals surface area contributed by atoms with Gasteiger partial charge in [-0.1, -0.05) is 23.7 Å². The molecule has 102 valence electrons. The van der Waals surface area contributed by atoms with Crippen LogP contribution in [-0.4, -0.2) is 17.5 Å². The van der Waals surface area contributed by atoms with Gasteiger partial charge in [0.25, 0.3) is 0 Å². The predicted molar refractivity (Wildman–Crippen MR) is 52.0 cm³/mol. The monoisotopic (exact) mass is 292 g/mol. The second-order valence-electron chi connectivity index (χ2n) is 3.56. The Labute approximate surface area is 103 Å². The zero-order chi connectivity index (χ0) is 14.1. The van der Waals surface area contributed by atoms with Crippen molar-refractivity contribution in [3.63, 3.8) is 0 Å². The van der Waals surface area contributed by atoms with E-state index in [-0.39, 0.29) is 5.02 Å². The Kier molecular flexibility index (Phi) is 4.17. The van der Waals surface area contributed by atoms with E-state index in [1.54, 1.807) is 0 Å². The van der Waals surface area contributed by atoms with Crippen LogP contribution in [0.25, 0.3) is 0 Å². The van der Waals surface area contributed by atoms with E-state index < -0.39 is 29.9 Å². The number of aliphatic hydroxyl groups is 1. The number of aliphatic hydroxyl groups excluding tert-OH is 1. The maximum atomic E-state index is 12.3. The fourth-order valence-electron chi connectivity index (χ4n) is 1.43. The molecule has 0 radical (unpaired) electrons. The first-order valence-electron chi connectivity index (χ1n) is 4.60. The minimum atomic E-state index is -5.60. The van der Waals surface area contributed by atoms with E-state index in [1.807, 2.05) is 0 Å². The molecular formula is C10H7ClF6O. The Morgan fingerprint density at radius 3 is 1.89 bits per heavy atom. The van der Waals surface area contributed by atoms with Gasteiger partial charge in [0, 0.05) is 5.02 Å². The van der Waals surface area contributed by atoms with E-state index in [1.165, 1.54) is 6.07 Å². The molecule has 1 rings (SSSR count). The lowest BCUT2D eigenvalue weighted by Crippen LogP contribution is -2.40. The number of benzene rings is 1. The van der Waals surface area contributed by atoms with Crippen molar-refractivity contribution >= 4 is 11.6 Å². The van der Waals surface area contributed by atoms with Gasteiger partial charge in [0.15, 0.2) is 5.92 Å². The van der Waals surface area contributed by atoms with Gasteiger partial charge >= 0.3 is 12.4 Å². The van der Waals surface area contributed by atoms with Crippen molar-refractivity contribution in [1.29, 1.82) is 0 Å². The zero-order valence-corrected chi connectivity index (χ0v) is 9.31. The summed E-state index contributed by atoms with van der Waals surface area (Å²) < 4.78 is 74.0. The number of hydrogen-bond acceptors (Lipinski definition) is 1. The van der Waals surface area contributed by atoms with E-state index in [2.05, 4.69) is 0 Å². The Morgan fingerprint density at radius 2 is 1.50 bits per heavy atom. The summed E-state index contributed by atoms with van der Waals surface area (Å²) in [7, 11) is 0. The van der Waals surface area contributed by atoms with E-state index >= 15 is 0 Å². The Morgan fingerprint density at radius 1 is 1.00 bits per heavy atom. The summed E-state index contributed by atoms with van der Waals surface area (Å²) in [5.41, 5.74) is -0.540. The molecule has 0 aliphatic heterocycles. The molecule has 0 bridgehead atoms. The number of hydrogen-bond donors (Lipinski definition) is 1. The number of rotatable bonds is 2. The fourth-order valence-corrected chi connectivity index (χ4v) is 1.63. The van der Waals surface area contributed by atoms with Crippen LogP contribution < -0.4 is 0 Å². The minimum absolute atomic E-state index is 0.0605. The molecule has 0 amide bonds. The van der Waals surface area contributed by atoms with Gasteiger partial charge in [-0.3, -0.25) is 0 Å². The summed E-state index contributed by atoms with van der Waals surface area (Å²) in [5, 5.41) is 9.22. The smallest absolute Gasteiger partial charge is 0.387 e. The average Bonchev–Trinajstić information content (AvgIpc) is 2.12. The van der Waals surface area contributed by atoms with Crippen molar-refractivity contribution in [1.82, 2.24) is 0 Å². The van der Waals surface area contributed by atoms with Crippen molar-refractivity contribution < 1.29 is 31.4 Å². The van der Waals surface area contributed by atoms with Crippen LogP contribution >= 0.6 is 11.6 Å². The van der Waals surface area contributed by atoms with Gasteiger partial charge < -0.3 is 5.11 Å². The summed E-state index contributed by atoms with van der Waals surface area (Å²) >= 11 is 5.45. The van der Waals surface area contributed by atoms with E-state index in [4.69, 9.17) is 11.6 Å². The first-order valence-corrected chi connectivity index (χ1v) is 4.98. The molecular weight excluding hydrogens is 286 g/mol. The Bertz CT molecular complexity index is 400. The standard InChI is InChI=1S/C10H7ClF6O/c11-6-3-1-2-5(4-6)7(18)8(9(12,13)14)10(15,16)17/h1-4,7-8,18H. The van der Waals surface area contributed by atoms with E-state index in [0.29, 0.717) is 0 Å². The molecule has 0 heterocycles. The highest BCUT2D eigenvalue weighted by atomic mass is 35.5. The SMILES string of the molecule is OC(c1cccc(Cl)c1)C(C(F)(F)F)C(F)(F)F. The van der Waals surface area contributed by atoms with Crippen LogP contribution in [0.15, 0.2) is 24.3 Å². The second kappa shape index (κ2) is 4.97. The topological polar surface area (TPSA) is 20.2 Å². The molecule has 0 spiro atoms. The Balaban J connectivity index is 3.15. The van der Waals surface area contributed by atoms with Crippen LogP contribution in [0.3, 0.4) is 0 Å². The lowest BCUT2D eigenvalue weighted by Gasteiger charge is -2.27. The van der Waals surface area contributed by atoms with Crippen LogP contribution in [0.2, 0.25) is 5.02 Å². The van der Waals surface area contributed by atoms with Crippen molar-refractivity contribution in [2.24, 2.45) is 5.92 Å². The predicted octanol–water partition coefficient (Wildman–Crippen LogP) is 4.11. The molecule has 0 aromatic heterocycles. The van der Waals surface area contributed by atoms with Gasteiger partial charge in [-0.05, 0) is 17.7 Å². The quantitative estimate of drug-likeness (QED) is 0.813. The molecule has 0 aliphatic rings. The second-order valence-corrected chi connectivity index (χ2v) is 4.00. The maximum Gasteiger partial charge on any atom is 0.403 e. The lowest BCUT2D eigenvalue weighted by molar-refractivity contribution is -0.307. The molecule has 1 aromatic rings. The van der Waals surface area contributed by atoms with Crippen LogP contribution in [0.4, 0.5) is 26.3 Å². The summed E-state index contributed by atoms with van der Waals surface area (Å²) in [4.78, 5) is 0. The van der Waals surface area contributed by atoms with Crippen LogP contribution in [0.5, 0.6) is 0 Å². The third-order valence-electron chi connectivity index (χ3n) is 2.21. The Hall–Kier alpha value is -0.950. The number of halogens is 7. The van der Waals surface area contributed by atoms with Crippen molar-refractivity contribution in [3.8, 4) is 0 Å². The van der Waals surface area contributed by atoms with Crippen molar-refractivity contribution in [2.45, 2.75) is 18.5 Å². The van der Waals surface area contributed by atoms with Gasteiger partial charge in [-0.25, -0.2) is 0 Å². The maximum absolute atomic E-state index is 12.3.